The maximum Gasteiger partial charge on any atom is 0.229 e. The highest BCUT2D eigenvalue weighted by molar-refractivity contribution is 5.92. The van der Waals surface area contributed by atoms with Crippen LogP contribution in [0, 0.1) is 6.92 Å². The summed E-state index contributed by atoms with van der Waals surface area (Å²) in [6, 6.07) is 8.14. The van der Waals surface area contributed by atoms with Gasteiger partial charge in [0.15, 0.2) is 5.65 Å². The summed E-state index contributed by atoms with van der Waals surface area (Å²) < 4.78 is 7.36. The van der Waals surface area contributed by atoms with Gasteiger partial charge < -0.3 is 9.64 Å². The van der Waals surface area contributed by atoms with Crippen molar-refractivity contribution in [1.82, 2.24) is 24.5 Å². The van der Waals surface area contributed by atoms with Crippen LogP contribution < -0.4 is 4.90 Å². The van der Waals surface area contributed by atoms with Crippen molar-refractivity contribution in [3.8, 4) is 0 Å². The average molecular weight is 340 g/mol. The van der Waals surface area contributed by atoms with Crippen molar-refractivity contribution in [3.63, 3.8) is 0 Å². The molecule has 25 heavy (non-hydrogen) atoms. The zero-order valence-electron chi connectivity index (χ0n) is 14.9. The number of piperazine rings is 1. The minimum atomic E-state index is 0.773. The van der Waals surface area contributed by atoms with Gasteiger partial charge in [-0.25, -0.2) is 9.97 Å². The molecule has 132 valence electrons. The molecular formula is C18H24N6O. The molecule has 7 heteroatoms. The molecule has 3 aromatic rings. The first-order chi connectivity index (χ1) is 12.3. The molecule has 1 aromatic carbocycles. The van der Waals surface area contributed by atoms with Gasteiger partial charge in [-0.05, 0) is 26.0 Å². The van der Waals surface area contributed by atoms with Gasteiger partial charge in [0.1, 0.15) is 5.82 Å². The zero-order valence-corrected chi connectivity index (χ0v) is 14.9. The van der Waals surface area contributed by atoms with Crippen LogP contribution in [0.1, 0.15) is 12.7 Å². The normalized spacial score (nSPS) is 16.2. The molecule has 1 aliphatic heterocycles. The minimum Gasteiger partial charge on any atom is -0.380 e. The number of nitrogens with zero attached hydrogens (tertiary/aromatic N) is 6. The number of hydrogen-bond donors (Lipinski definition) is 0. The van der Waals surface area contributed by atoms with Gasteiger partial charge in [-0.2, -0.15) is 4.52 Å². The zero-order chi connectivity index (χ0) is 17.2. The van der Waals surface area contributed by atoms with Crippen molar-refractivity contribution in [2.45, 2.75) is 13.8 Å². The predicted molar refractivity (Wildman–Crippen MR) is 98.2 cm³/mol. The standard InChI is InChI=1S/C18H24N6O/c1-3-25-13-12-22-8-10-23(11-9-22)18-20-16-7-5-4-6-15(16)17-19-14(2)21-24(17)18/h4-7H,3,8-13H2,1-2H3. The number of para-hydroxylation sites is 1. The Labute approximate surface area is 147 Å². The molecule has 0 spiro atoms. The third-order valence-corrected chi connectivity index (χ3v) is 4.68. The first-order valence-electron chi connectivity index (χ1n) is 8.93. The van der Waals surface area contributed by atoms with E-state index in [9.17, 15) is 0 Å². The second kappa shape index (κ2) is 6.93. The Kier molecular flexibility index (Phi) is 4.50. The third-order valence-electron chi connectivity index (χ3n) is 4.68. The number of ether oxygens (including phenoxy) is 1. The van der Waals surface area contributed by atoms with Crippen LogP contribution >= 0.6 is 0 Å². The van der Waals surface area contributed by atoms with Gasteiger partial charge in [-0.3, -0.25) is 4.90 Å². The number of aromatic nitrogens is 4. The van der Waals surface area contributed by atoms with E-state index in [-0.39, 0.29) is 0 Å². The summed E-state index contributed by atoms with van der Waals surface area (Å²) in [5.74, 6) is 1.66. The van der Waals surface area contributed by atoms with Crippen molar-refractivity contribution < 1.29 is 4.74 Å². The summed E-state index contributed by atoms with van der Waals surface area (Å²) in [7, 11) is 0. The van der Waals surface area contributed by atoms with Crippen molar-refractivity contribution in [2.75, 3.05) is 50.8 Å². The molecule has 1 fully saturated rings. The van der Waals surface area contributed by atoms with E-state index in [1.807, 2.05) is 36.6 Å². The Morgan fingerprint density at radius 3 is 2.68 bits per heavy atom. The van der Waals surface area contributed by atoms with Gasteiger partial charge >= 0.3 is 0 Å². The molecular weight excluding hydrogens is 316 g/mol. The molecule has 1 saturated heterocycles. The highest BCUT2D eigenvalue weighted by Gasteiger charge is 2.22. The number of hydrogen-bond acceptors (Lipinski definition) is 6. The summed E-state index contributed by atoms with van der Waals surface area (Å²) in [4.78, 5) is 14.3. The molecule has 0 saturated carbocycles. The fourth-order valence-corrected chi connectivity index (χ4v) is 3.36. The molecule has 1 aliphatic rings. The molecule has 0 N–H and O–H groups in total. The number of fused-ring (bicyclic) bond motifs is 3. The van der Waals surface area contributed by atoms with Gasteiger partial charge in [0, 0.05) is 44.7 Å². The van der Waals surface area contributed by atoms with Crippen molar-refractivity contribution >= 4 is 22.5 Å². The molecule has 0 atom stereocenters. The van der Waals surface area contributed by atoms with Crippen LogP contribution in [0.2, 0.25) is 0 Å². The SMILES string of the molecule is CCOCCN1CCN(c2nc3ccccc3c3nc(C)nn23)CC1. The van der Waals surface area contributed by atoms with E-state index < -0.39 is 0 Å². The quantitative estimate of drug-likeness (QED) is 0.660. The first kappa shape index (κ1) is 16.2. The molecule has 0 radical (unpaired) electrons. The molecule has 3 heterocycles. The van der Waals surface area contributed by atoms with Gasteiger partial charge in [0.05, 0.1) is 12.1 Å². The maximum absolute atomic E-state index is 5.47. The van der Waals surface area contributed by atoms with E-state index in [2.05, 4.69) is 25.9 Å². The number of aryl methyl sites for hydroxylation is 1. The second-order valence-electron chi connectivity index (χ2n) is 6.35. The lowest BCUT2D eigenvalue weighted by atomic mass is 10.2. The van der Waals surface area contributed by atoms with Gasteiger partial charge in [0.2, 0.25) is 5.95 Å². The van der Waals surface area contributed by atoms with Crippen molar-refractivity contribution in [3.05, 3.63) is 30.1 Å². The minimum absolute atomic E-state index is 0.773. The highest BCUT2D eigenvalue weighted by Crippen LogP contribution is 2.23. The van der Waals surface area contributed by atoms with E-state index in [4.69, 9.17) is 9.72 Å². The monoisotopic (exact) mass is 340 g/mol. The van der Waals surface area contributed by atoms with Crippen LogP contribution in [0.25, 0.3) is 16.6 Å². The lowest BCUT2D eigenvalue weighted by Crippen LogP contribution is -2.48. The Bertz CT molecular complexity index is 869. The Balaban J connectivity index is 1.61. The summed E-state index contributed by atoms with van der Waals surface area (Å²) in [5, 5.41) is 5.63. The summed E-state index contributed by atoms with van der Waals surface area (Å²) >= 11 is 0. The van der Waals surface area contributed by atoms with Gasteiger partial charge in [0.25, 0.3) is 0 Å². The molecule has 2 aromatic heterocycles. The molecule has 0 bridgehead atoms. The predicted octanol–water partition coefficient (Wildman–Crippen LogP) is 1.74. The van der Waals surface area contributed by atoms with Gasteiger partial charge in [-0.1, -0.05) is 12.1 Å². The van der Waals surface area contributed by atoms with E-state index in [0.29, 0.717) is 0 Å². The summed E-state index contributed by atoms with van der Waals surface area (Å²) in [6.45, 7) is 10.4. The molecule has 4 rings (SSSR count). The fourth-order valence-electron chi connectivity index (χ4n) is 3.36. The second-order valence-corrected chi connectivity index (χ2v) is 6.35. The number of benzene rings is 1. The van der Waals surface area contributed by atoms with E-state index >= 15 is 0 Å². The fraction of sp³-hybridized carbons (Fsp3) is 0.500. The Morgan fingerprint density at radius 1 is 1.08 bits per heavy atom. The molecule has 0 amide bonds. The maximum atomic E-state index is 5.47. The van der Waals surface area contributed by atoms with Crippen LogP contribution in [0.3, 0.4) is 0 Å². The molecule has 7 nitrogen and oxygen atoms in total. The summed E-state index contributed by atoms with van der Waals surface area (Å²) in [5.41, 5.74) is 1.85. The van der Waals surface area contributed by atoms with Crippen LogP contribution in [-0.4, -0.2) is 70.4 Å². The lowest BCUT2D eigenvalue weighted by Gasteiger charge is -2.35. The number of rotatable bonds is 5. The van der Waals surface area contributed by atoms with Crippen LogP contribution in [0.5, 0.6) is 0 Å². The largest absolute Gasteiger partial charge is 0.380 e. The van der Waals surface area contributed by atoms with E-state index in [1.165, 1.54) is 0 Å². The smallest absolute Gasteiger partial charge is 0.229 e. The highest BCUT2D eigenvalue weighted by atomic mass is 16.5. The van der Waals surface area contributed by atoms with Crippen LogP contribution in [0.15, 0.2) is 24.3 Å². The van der Waals surface area contributed by atoms with Gasteiger partial charge in [-0.15, -0.1) is 5.10 Å². The lowest BCUT2D eigenvalue weighted by molar-refractivity contribution is 0.111. The average Bonchev–Trinajstić information content (AvgIpc) is 3.04. The Morgan fingerprint density at radius 2 is 1.88 bits per heavy atom. The number of anilines is 1. The molecule has 0 unspecified atom stereocenters. The third kappa shape index (κ3) is 3.17. The van der Waals surface area contributed by atoms with Crippen LogP contribution in [0.4, 0.5) is 5.95 Å². The first-order valence-corrected chi connectivity index (χ1v) is 8.93. The van der Waals surface area contributed by atoms with Crippen molar-refractivity contribution in [2.24, 2.45) is 0 Å². The van der Waals surface area contributed by atoms with E-state index in [0.717, 1.165) is 74.3 Å². The van der Waals surface area contributed by atoms with Crippen molar-refractivity contribution in [1.29, 1.82) is 0 Å². The summed E-state index contributed by atoms with van der Waals surface area (Å²) in [6.07, 6.45) is 0. The topological polar surface area (TPSA) is 58.8 Å². The van der Waals surface area contributed by atoms with E-state index in [1.54, 1.807) is 0 Å². The Hall–Kier alpha value is -2.25. The van der Waals surface area contributed by atoms with Crippen LogP contribution in [-0.2, 0) is 4.74 Å². The molecule has 0 aliphatic carbocycles.